The van der Waals surface area contributed by atoms with Gasteiger partial charge < -0.3 is 4.74 Å². The number of ether oxygens (including phenoxy) is 1. The summed E-state index contributed by atoms with van der Waals surface area (Å²) in [6.45, 7) is 24.3. The van der Waals surface area contributed by atoms with Crippen LogP contribution in [-0.2, 0) is 31.0 Å². The second-order valence-electron chi connectivity index (χ2n) is 12.8. The maximum absolute atomic E-state index is 15.1. The fourth-order valence-electron chi connectivity index (χ4n) is 5.37. The number of nitrogens with one attached hydrogen (secondary N) is 1. The maximum Gasteiger partial charge on any atom is 0.261 e. The maximum atomic E-state index is 15.1. The van der Waals surface area contributed by atoms with Gasteiger partial charge in [-0.3, -0.25) is 4.72 Å². The number of benzene rings is 2. The number of hydrogen-bond donors (Lipinski definition) is 1. The molecule has 2 aromatic carbocycles. The normalized spacial score (nSPS) is 14.7. The molecule has 4 atom stereocenters. The summed E-state index contributed by atoms with van der Waals surface area (Å²) in [6.07, 6.45) is 6.84. The SMILES string of the molecule is C=C(CCC(CCC)CC(=C)C[C@@H](C)O[C@@H](C)CC)Cc1c(F)cccc1NS(=O)(=O)c1ccc(S(=O)(=O)CC(C)C(=C)C)cc1. The molecule has 0 heterocycles. The summed E-state index contributed by atoms with van der Waals surface area (Å²) < 4.78 is 75.8. The van der Waals surface area contributed by atoms with Gasteiger partial charge >= 0.3 is 0 Å². The van der Waals surface area contributed by atoms with E-state index in [1.54, 1.807) is 13.8 Å². The van der Waals surface area contributed by atoms with E-state index in [1.807, 2.05) is 0 Å². The molecule has 0 saturated heterocycles. The lowest BCUT2D eigenvalue weighted by atomic mass is 9.87. The minimum atomic E-state index is -4.13. The van der Waals surface area contributed by atoms with Gasteiger partial charge in [0.25, 0.3) is 10.0 Å². The molecule has 46 heavy (non-hydrogen) atoms. The molecule has 2 rings (SSSR count). The fraction of sp³-hybridized carbons (Fsp3) is 0.514. The van der Waals surface area contributed by atoms with Crippen LogP contribution in [0.5, 0.6) is 0 Å². The average Bonchev–Trinajstić information content (AvgIpc) is 2.97. The van der Waals surface area contributed by atoms with Gasteiger partial charge in [-0.1, -0.05) is 76.1 Å². The molecule has 0 aliphatic carbocycles. The topological polar surface area (TPSA) is 89.5 Å². The average molecular weight is 676 g/mol. The molecule has 1 N–H and O–H groups in total. The molecule has 6 nitrogen and oxygen atoms in total. The fourth-order valence-corrected chi connectivity index (χ4v) is 8.15. The molecule has 0 bridgehead atoms. The number of rotatable bonds is 21. The summed E-state index contributed by atoms with van der Waals surface area (Å²) in [7, 11) is -7.76. The Labute approximate surface area is 278 Å². The summed E-state index contributed by atoms with van der Waals surface area (Å²) in [5, 5.41) is 0. The van der Waals surface area contributed by atoms with Crippen molar-refractivity contribution in [1.82, 2.24) is 0 Å². The van der Waals surface area contributed by atoms with E-state index >= 15 is 4.39 Å². The first-order chi connectivity index (χ1) is 21.5. The van der Waals surface area contributed by atoms with Crippen LogP contribution in [0.3, 0.4) is 0 Å². The third-order valence-electron chi connectivity index (χ3n) is 8.39. The zero-order valence-electron chi connectivity index (χ0n) is 28.6. The second kappa shape index (κ2) is 18.0. The van der Waals surface area contributed by atoms with Gasteiger partial charge in [0.05, 0.1) is 33.4 Å². The van der Waals surface area contributed by atoms with Crippen molar-refractivity contribution in [2.45, 2.75) is 115 Å². The van der Waals surface area contributed by atoms with Crippen molar-refractivity contribution in [1.29, 1.82) is 0 Å². The monoisotopic (exact) mass is 675 g/mol. The largest absolute Gasteiger partial charge is 0.375 e. The third kappa shape index (κ3) is 12.5. The first-order valence-electron chi connectivity index (χ1n) is 16.3. The van der Waals surface area contributed by atoms with Gasteiger partial charge in [0, 0.05) is 5.56 Å². The molecule has 0 aromatic heterocycles. The van der Waals surface area contributed by atoms with Crippen molar-refractivity contribution in [3.8, 4) is 0 Å². The second-order valence-corrected chi connectivity index (χ2v) is 16.5. The summed E-state index contributed by atoms with van der Waals surface area (Å²) in [6, 6.07) is 9.34. The van der Waals surface area contributed by atoms with Crippen molar-refractivity contribution in [2.24, 2.45) is 11.8 Å². The molecular weight excluding hydrogens is 622 g/mol. The lowest BCUT2D eigenvalue weighted by molar-refractivity contribution is 0.00674. The van der Waals surface area contributed by atoms with Gasteiger partial charge in [-0.05, 0) is 108 Å². The Bertz CT molecular complexity index is 1550. The number of sulfone groups is 1. The number of halogens is 1. The van der Waals surface area contributed by atoms with E-state index in [9.17, 15) is 16.8 Å². The highest BCUT2D eigenvalue weighted by Gasteiger charge is 2.23. The minimum absolute atomic E-state index is 0.0289. The van der Waals surface area contributed by atoms with Crippen molar-refractivity contribution in [3.05, 3.63) is 90.3 Å². The van der Waals surface area contributed by atoms with E-state index < -0.39 is 25.7 Å². The Kier molecular flexibility index (Phi) is 15.4. The molecule has 0 aliphatic heterocycles. The smallest absolute Gasteiger partial charge is 0.261 e. The molecule has 0 radical (unpaired) electrons. The van der Waals surface area contributed by atoms with Crippen LogP contribution in [0.25, 0.3) is 0 Å². The van der Waals surface area contributed by atoms with Crippen molar-refractivity contribution < 1.29 is 26.0 Å². The van der Waals surface area contributed by atoms with Gasteiger partial charge in [-0.25, -0.2) is 21.2 Å². The summed E-state index contributed by atoms with van der Waals surface area (Å²) in [5.41, 5.74) is 3.07. The van der Waals surface area contributed by atoms with Gasteiger partial charge in [-0.15, -0.1) is 0 Å². The first-order valence-corrected chi connectivity index (χ1v) is 19.4. The Balaban J connectivity index is 2.10. The zero-order valence-corrected chi connectivity index (χ0v) is 30.2. The van der Waals surface area contributed by atoms with E-state index in [1.165, 1.54) is 42.5 Å². The van der Waals surface area contributed by atoms with Gasteiger partial charge in [0.15, 0.2) is 9.84 Å². The van der Waals surface area contributed by atoms with Crippen molar-refractivity contribution >= 4 is 25.5 Å². The van der Waals surface area contributed by atoms with Crippen molar-refractivity contribution in [2.75, 3.05) is 10.5 Å². The molecule has 9 heteroatoms. The lowest BCUT2D eigenvalue weighted by Crippen LogP contribution is -2.17. The van der Waals surface area contributed by atoms with E-state index in [4.69, 9.17) is 4.74 Å². The highest BCUT2D eigenvalue weighted by atomic mass is 32.2. The predicted molar refractivity (Wildman–Crippen MR) is 189 cm³/mol. The van der Waals surface area contributed by atoms with Crippen LogP contribution in [0, 0.1) is 17.7 Å². The number of hydrogen-bond acceptors (Lipinski definition) is 5. The summed E-state index contributed by atoms with van der Waals surface area (Å²) in [4.78, 5) is -0.0962. The summed E-state index contributed by atoms with van der Waals surface area (Å²) in [5.74, 6) is -0.469. The van der Waals surface area contributed by atoms with E-state index in [0.29, 0.717) is 12.3 Å². The Morgan fingerprint density at radius 3 is 2.09 bits per heavy atom. The van der Waals surface area contributed by atoms with Crippen LogP contribution in [-0.4, -0.2) is 34.8 Å². The molecule has 0 aliphatic rings. The van der Waals surface area contributed by atoms with E-state index in [2.05, 4.69) is 52.2 Å². The number of anilines is 1. The predicted octanol–water partition coefficient (Wildman–Crippen LogP) is 9.45. The lowest BCUT2D eigenvalue weighted by Gasteiger charge is -2.22. The van der Waals surface area contributed by atoms with Crippen LogP contribution in [0.15, 0.2) is 88.7 Å². The van der Waals surface area contributed by atoms with Gasteiger partial charge in [0.1, 0.15) is 5.82 Å². The third-order valence-corrected chi connectivity index (χ3v) is 11.7. The first kappa shape index (κ1) is 39.4. The van der Waals surface area contributed by atoms with Crippen LogP contribution in [0.4, 0.5) is 10.1 Å². The van der Waals surface area contributed by atoms with E-state index in [0.717, 1.165) is 55.2 Å². The van der Waals surface area contributed by atoms with Crippen LogP contribution in [0.2, 0.25) is 0 Å². The molecule has 0 amide bonds. The highest BCUT2D eigenvalue weighted by molar-refractivity contribution is 7.92. The molecule has 0 spiro atoms. The van der Waals surface area contributed by atoms with E-state index in [-0.39, 0.29) is 51.3 Å². The minimum Gasteiger partial charge on any atom is -0.375 e. The molecule has 2 aromatic rings. The molecule has 2 unspecified atom stereocenters. The standard InChI is InChI=1S/C37H54FNO5S2/c1-10-13-32(23-28(6)22-31(9)44-30(8)11-2)17-16-27(5)24-35-36(38)14-12-15-37(35)39-46(42,43)34-20-18-33(19-21-34)45(40,41)25-29(7)26(3)4/h12,14-15,18-21,29-32,39H,3,5-6,10-11,13,16-17,22-25H2,1-2,4,7-9H3/t29?,30-,31+,32?/m0/s1. The molecule has 0 saturated carbocycles. The van der Waals surface area contributed by atoms with Crippen LogP contribution < -0.4 is 4.72 Å². The number of allylic oxidation sites excluding steroid dienone is 2. The summed E-state index contributed by atoms with van der Waals surface area (Å²) >= 11 is 0. The van der Waals surface area contributed by atoms with Crippen LogP contribution in [0.1, 0.15) is 92.1 Å². The quantitative estimate of drug-likeness (QED) is 0.133. The Hall–Kier alpha value is -2.75. The Morgan fingerprint density at radius 1 is 0.870 bits per heavy atom. The zero-order chi connectivity index (χ0) is 34.7. The molecule has 256 valence electrons. The Morgan fingerprint density at radius 2 is 1.50 bits per heavy atom. The van der Waals surface area contributed by atoms with Crippen molar-refractivity contribution in [3.63, 3.8) is 0 Å². The number of sulfonamides is 1. The van der Waals surface area contributed by atoms with Gasteiger partial charge in [0.2, 0.25) is 0 Å². The van der Waals surface area contributed by atoms with Crippen LogP contribution >= 0.6 is 0 Å². The molecule has 0 fully saturated rings. The molecular formula is C37H54FNO5S2. The highest BCUT2D eigenvalue weighted by Crippen LogP contribution is 2.30. The van der Waals surface area contributed by atoms with Gasteiger partial charge in [-0.2, -0.15) is 0 Å².